The van der Waals surface area contributed by atoms with Crippen LogP contribution in [0.5, 0.6) is 11.5 Å². The summed E-state index contributed by atoms with van der Waals surface area (Å²) in [5.74, 6) is 1.83. The summed E-state index contributed by atoms with van der Waals surface area (Å²) in [5.41, 5.74) is 1.90. The summed E-state index contributed by atoms with van der Waals surface area (Å²) in [7, 11) is 3.97. The number of benzene rings is 2. The molecule has 0 aromatic heterocycles. The highest BCUT2D eigenvalue weighted by atomic mass is 32.2. The van der Waals surface area contributed by atoms with Gasteiger partial charge < -0.3 is 19.7 Å². The number of thioether (sulfide) groups is 1. The summed E-state index contributed by atoms with van der Waals surface area (Å²) in [6, 6.07) is 13.6. The molecule has 2 aromatic rings. The number of amides is 1. The zero-order valence-corrected chi connectivity index (χ0v) is 15.3. The Balaban J connectivity index is 1.54. The molecule has 0 saturated carbocycles. The molecule has 1 heterocycles. The summed E-state index contributed by atoms with van der Waals surface area (Å²) in [4.78, 5) is 15.2. The van der Waals surface area contributed by atoms with Gasteiger partial charge >= 0.3 is 0 Å². The van der Waals surface area contributed by atoms with Gasteiger partial charge in [0.25, 0.3) is 0 Å². The first kappa shape index (κ1) is 17.5. The average molecular weight is 358 g/mol. The Morgan fingerprint density at radius 3 is 2.52 bits per heavy atom. The van der Waals surface area contributed by atoms with Crippen molar-refractivity contribution >= 4 is 29.0 Å². The first-order valence-corrected chi connectivity index (χ1v) is 9.20. The summed E-state index contributed by atoms with van der Waals surface area (Å²) in [5, 5.41) is 2.92. The number of fused-ring (bicyclic) bond motifs is 1. The summed E-state index contributed by atoms with van der Waals surface area (Å²) in [6.07, 6.45) is 0.881. The number of nitrogens with zero attached hydrogens (tertiary/aromatic N) is 1. The van der Waals surface area contributed by atoms with Crippen LogP contribution in [0.1, 0.15) is 6.42 Å². The van der Waals surface area contributed by atoms with Gasteiger partial charge in [0.15, 0.2) is 11.5 Å². The van der Waals surface area contributed by atoms with Crippen molar-refractivity contribution in [2.24, 2.45) is 0 Å². The largest absolute Gasteiger partial charge is 0.490 e. The fraction of sp³-hybridized carbons (Fsp3) is 0.316. The number of ether oxygens (including phenoxy) is 2. The van der Waals surface area contributed by atoms with E-state index in [0.717, 1.165) is 34.2 Å². The highest BCUT2D eigenvalue weighted by molar-refractivity contribution is 8.00. The number of carbonyl (C=O) groups is 1. The Kier molecular flexibility index (Phi) is 5.71. The predicted molar refractivity (Wildman–Crippen MR) is 102 cm³/mol. The number of rotatable bonds is 5. The lowest BCUT2D eigenvalue weighted by atomic mass is 10.2. The molecule has 1 N–H and O–H groups in total. The third-order valence-electron chi connectivity index (χ3n) is 3.76. The molecular formula is C19H22N2O3S. The lowest BCUT2D eigenvalue weighted by Gasteiger charge is -2.13. The van der Waals surface area contributed by atoms with E-state index in [2.05, 4.69) is 5.32 Å². The van der Waals surface area contributed by atoms with Crippen LogP contribution < -0.4 is 19.7 Å². The molecule has 2 aromatic carbocycles. The van der Waals surface area contributed by atoms with Gasteiger partial charge in [0.05, 0.1) is 19.0 Å². The van der Waals surface area contributed by atoms with Gasteiger partial charge in [0.2, 0.25) is 5.91 Å². The first-order chi connectivity index (χ1) is 12.1. The Labute approximate surface area is 152 Å². The zero-order valence-electron chi connectivity index (χ0n) is 14.5. The van der Waals surface area contributed by atoms with E-state index in [9.17, 15) is 4.79 Å². The molecule has 0 unspecified atom stereocenters. The standard InChI is InChI=1S/C19H22N2O3S/c1-21(2)15-6-4-14(5-7-15)20-19(22)13-25-16-8-9-17-18(12-16)24-11-3-10-23-17/h4-9,12H,3,10-11,13H2,1-2H3,(H,20,22). The molecule has 25 heavy (non-hydrogen) atoms. The van der Waals surface area contributed by atoms with Crippen LogP contribution in [0.3, 0.4) is 0 Å². The second-order valence-corrected chi connectivity index (χ2v) is 6.99. The molecule has 1 amide bonds. The summed E-state index contributed by atoms with van der Waals surface area (Å²) in [6.45, 7) is 1.33. The maximum absolute atomic E-state index is 12.2. The van der Waals surface area contributed by atoms with Crippen LogP contribution >= 0.6 is 11.8 Å². The molecule has 1 aliphatic rings. The molecule has 0 bridgehead atoms. The molecule has 0 radical (unpaired) electrons. The Hall–Kier alpha value is -2.34. The Bertz CT molecular complexity index is 732. The number of anilines is 2. The van der Waals surface area contributed by atoms with Crippen molar-refractivity contribution in [1.82, 2.24) is 0 Å². The SMILES string of the molecule is CN(C)c1ccc(NC(=O)CSc2ccc3c(c2)OCCCO3)cc1. The minimum atomic E-state index is -0.0327. The van der Waals surface area contributed by atoms with Gasteiger partial charge in [-0.25, -0.2) is 0 Å². The van der Waals surface area contributed by atoms with Crippen molar-refractivity contribution < 1.29 is 14.3 Å². The number of hydrogen-bond donors (Lipinski definition) is 1. The van der Waals surface area contributed by atoms with E-state index < -0.39 is 0 Å². The predicted octanol–water partition coefficient (Wildman–Crippen LogP) is 3.64. The van der Waals surface area contributed by atoms with Crippen molar-refractivity contribution in [3.63, 3.8) is 0 Å². The van der Waals surface area contributed by atoms with Gasteiger partial charge in [0.1, 0.15) is 0 Å². The van der Waals surface area contributed by atoms with Crippen LogP contribution in [0.15, 0.2) is 47.4 Å². The minimum absolute atomic E-state index is 0.0327. The fourth-order valence-corrected chi connectivity index (χ4v) is 3.15. The highest BCUT2D eigenvalue weighted by Crippen LogP contribution is 2.33. The second-order valence-electron chi connectivity index (χ2n) is 5.94. The molecule has 0 aliphatic carbocycles. The van der Waals surface area contributed by atoms with Crippen molar-refractivity contribution in [2.45, 2.75) is 11.3 Å². The topological polar surface area (TPSA) is 50.8 Å². The third-order valence-corrected chi connectivity index (χ3v) is 4.75. The van der Waals surface area contributed by atoms with E-state index in [1.54, 1.807) is 0 Å². The second kappa shape index (κ2) is 8.16. The smallest absolute Gasteiger partial charge is 0.234 e. The van der Waals surface area contributed by atoms with Crippen LogP contribution in [0.25, 0.3) is 0 Å². The maximum Gasteiger partial charge on any atom is 0.234 e. The molecule has 0 atom stereocenters. The van der Waals surface area contributed by atoms with Crippen molar-refractivity contribution in [1.29, 1.82) is 0 Å². The monoisotopic (exact) mass is 358 g/mol. The number of carbonyl (C=O) groups excluding carboxylic acids is 1. The third kappa shape index (κ3) is 4.82. The van der Waals surface area contributed by atoms with Crippen LogP contribution in [0.2, 0.25) is 0 Å². The zero-order chi connectivity index (χ0) is 17.6. The lowest BCUT2D eigenvalue weighted by Crippen LogP contribution is -2.14. The van der Waals surface area contributed by atoms with Crippen molar-refractivity contribution in [3.8, 4) is 11.5 Å². The van der Waals surface area contributed by atoms with E-state index in [1.165, 1.54) is 11.8 Å². The van der Waals surface area contributed by atoms with E-state index in [1.807, 2.05) is 61.5 Å². The van der Waals surface area contributed by atoms with Crippen LogP contribution in [-0.2, 0) is 4.79 Å². The molecule has 1 aliphatic heterocycles. The van der Waals surface area contributed by atoms with Gasteiger partial charge in [-0.05, 0) is 42.5 Å². The minimum Gasteiger partial charge on any atom is -0.490 e. The molecule has 0 spiro atoms. The molecule has 132 valence electrons. The molecule has 0 saturated heterocycles. The van der Waals surface area contributed by atoms with Gasteiger partial charge in [-0.3, -0.25) is 4.79 Å². The average Bonchev–Trinajstić information content (AvgIpc) is 2.85. The lowest BCUT2D eigenvalue weighted by molar-refractivity contribution is -0.113. The van der Waals surface area contributed by atoms with E-state index >= 15 is 0 Å². The molecule has 3 rings (SSSR count). The van der Waals surface area contributed by atoms with Gasteiger partial charge in [-0.15, -0.1) is 11.8 Å². The normalized spacial score (nSPS) is 13.0. The van der Waals surface area contributed by atoms with E-state index in [-0.39, 0.29) is 5.91 Å². The quantitative estimate of drug-likeness (QED) is 0.827. The molecular weight excluding hydrogens is 336 g/mol. The van der Waals surface area contributed by atoms with E-state index in [0.29, 0.717) is 19.0 Å². The van der Waals surface area contributed by atoms with Gasteiger partial charge in [0, 0.05) is 36.8 Å². The van der Waals surface area contributed by atoms with Crippen molar-refractivity contribution in [3.05, 3.63) is 42.5 Å². The Morgan fingerprint density at radius 2 is 1.80 bits per heavy atom. The first-order valence-electron chi connectivity index (χ1n) is 8.21. The molecule has 0 fully saturated rings. The molecule has 6 heteroatoms. The van der Waals surface area contributed by atoms with Gasteiger partial charge in [-0.2, -0.15) is 0 Å². The summed E-state index contributed by atoms with van der Waals surface area (Å²) < 4.78 is 11.3. The Morgan fingerprint density at radius 1 is 1.08 bits per heavy atom. The molecule has 5 nitrogen and oxygen atoms in total. The van der Waals surface area contributed by atoms with E-state index in [4.69, 9.17) is 9.47 Å². The highest BCUT2D eigenvalue weighted by Gasteiger charge is 2.12. The van der Waals surface area contributed by atoms with Crippen molar-refractivity contribution in [2.75, 3.05) is 43.3 Å². The van der Waals surface area contributed by atoms with Crippen LogP contribution in [0, 0.1) is 0 Å². The van der Waals surface area contributed by atoms with Crippen LogP contribution in [0.4, 0.5) is 11.4 Å². The number of nitrogens with one attached hydrogen (secondary N) is 1. The van der Waals surface area contributed by atoms with Gasteiger partial charge in [-0.1, -0.05) is 0 Å². The summed E-state index contributed by atoms with van der Waals surface area (Å²) >= 11 is 1.48. The maximum atomic E-state index is 12.2. The number of hydrogen-bond acceptors (Lipinski definition) is 5. The fourth-order valence-electron chi connectivity index (χ4n) is 2.42. The van der Waals surface area contributed by atoms with Crippen LogP contribution in [-0.4, -0.2) is 39.0 Å².